The zero-order valence-electron chi connectivity index (χ0n) is 12.7. The lowest BCUT2D eigenvalue weighted by Gasteiger charge is -2.05. The predicted molar refractivity (Wildman–Crippen MR) is 81.0 cm³/mol. The van der Waals surface area contributed by atoms with Gasteiger partial charge in [0.25, 0.3) is 5.91 Å². The molecule has 7 nitrogen and oxygen atoms in total. The van der Waals surface area contributed by atoms with Crippen LogP contribution in [0.15, 0.2) is 35.3 Å². The van der Waals surface area contributed by atoms with E-state index >= 15 is 0 Å². The van der Waals surface area contributed by atoms with Gasteiger partial charge in [-0.1, -0.05) is 0 Å². The molecule has 0 saturated carbocycles. The third-order valence-corrected chi connectivity index (χ3v) is 3.26. The van der Waals surface area contributed by atoms with Crippen LogP contribution in [0.2, 0.25) is 0 Å². The first-order chi connectivity index (χ1) is 11.8. The molecule has 0 bridgehead atoms. The molecule has 2 aromatic heterocycles. The second kappa shape index (κ2) is 6.23. The van der Waals surface area contributed by atoms with Gasteiger partial charge in [0.05, 0.1) is 6.20 Å². The quantitative estimate of drug-likeness (QED) is 0.756. The molecule has 0 saturated heterocycles. The van der Waals surface area contributed by atoms with Gasteiger partial charge in [-0.2, -0.15) is 10.1 Å². The van der Waals surface area contributed by atoms with Crippen LogP contribution in [0.1, 0.15) is 16.2 Å². The van der Waals surface area contributed by atoms with E-state index in [4.69, 9.17) is 0 Å². The van der Waals surface area contributed by atoms with Gasteiger partial charge in [-0.15, -0.1) is 0 Å². The Morgan fingerprint density at radius 3 is 2.68 bits per heavy atom. The van der Waals surface area contributed by atoms with Crippen LogP contribution in [-0.2, 0) is 0 Å². The van der Waals surface area contributed by atoms with Crippen molar-refractivity contribution in [3.63, 3.8) is 0 Å². The highest BCUT2D eigenvalue weighted by atomic mass is 19.1. The zero-order chi connectivity index (χ0) is 18.1. The number of nitrogens with one attached hydrogen (secondary N) is 2. The molecule has 0 atom stereocenters. The second-order valence-electron chi connectivity index (χ2n) is 5.04. The third kappa shape index (κ3) is 3.27. The van der Waals surface area contributed by atoms with E-state index in [0.717, 1.165) is 10.7 Å². The number of aromatic amines is 1. The van der Waals surface area contributed by atoms with E-state index in [1.807, 2.05) is 4.98 Å². The van der Waals surface area contributed by atoms with E-state index in [9.17, 15) is 22.8 Å². The minimum atomic E-state index is -0.936. The molecule has 10 heteroatoms. The first-order valence-electron chi connectivity index (χ1n) is 6.93. The molecule has 2 N–H and O–H groups in total. The molecule has 0 aliphatic heterocycles. The molecule has 0 radical (unpaired) electrons. The Balaban J connectivity index is 1.93. The van der Waals surface area contributed by atoms with Crippen LogP contribution < -0.4 is 11.0 Å². The Morgan fingerprint density at radius 1 is 1.20 bits per heavy atom. The van der Waals surface area contributed by atoms with Crippen LogP contribution in [0, 0.1) is 24.4 Å². The van der Waals surface area contributed by atoms with Gasteiger partial charge in [0.15, 0.2) is 23.1 Å². The molecule has 0 unspecified atom stereocenters. The molecular formula is C15H10F3N5O2. The first-order valence-corrected chi connectivity index (χ1v) is 6.93. The van der Waals surface area contributed by atoms with Crippen molar-refractivity contribution >= 4 is 11.7 Å². The van der Waals surface area contributed by atoms with Gasteiger partial charge in [0.2, 0.25) is 0 Å². The first kappa shape index (κ1) is 16.4. The number of aromatic nitrogens is 4. The number of H-pyrrole nitrogens is 1. The van der Waals surface area contributed by atoms with Crippen molar-refractivity contribution < 1.29 is 18.0 Å². The topological polar surface area (TPSA) is 92.7 Å². The average Bonchev–Trinajstić information content (AvgIpc) is 2.93. The van der Waals surface area contributed by atoms with E-state index in [1.54, 1.807) is 6.92 Å². The Hall–Kier alpha value is -3.43. The normalized spacial score (nSPS) is 10.7. The maximum atomic E-state index is 13.9. The van der Waals surface area contributed by atoms with Crippen LogP contribution in [-0.4, -0.2) is 25.7 Å². The maximum absolute atomic E-state index is 13.9. The molecule has 2 heterocycles. The number of halogens is 3. The fourth-order valence-electron chi connectivity index (χ4n) is 2.13. The van der Waals surface area contributed by atoms with E-state index in [1.165, 1.54) is 12.1 Å². The smallest absolute Gasteiger partial charge is 0.304 e. The summed E-state index contributed by atoms with van der Waals surface area (Å²) >= 11 is 0. The van der Waals surface area contributed by atoms with E-state index in [-0.39, 0.29) is 11.4 Å². The highest BCUT2D eigenvalue weighted by Gasteiger charge is 2.17. The monoisotopic (exact) mass is 349 g/mol. The summed E-state index contributed by atoms with van der Waals surface area (Å²) < 4.78 is 41.5. The summed E-state index contributed by atoms with van der Waals surface area (Å²) in [4.78, 5) is 28.5. The number of carbonyl (C=O) groups is 1. The molecule has 25 heavy (non-hydrogen) atoms. The van der Waals surface area contributed by atoms with Crippen molar-refractivity contribution in [2.75, 3.05) is 5.32 Å². The van der Waals surface area contributed by atoms with Crippen molar-refractivity contribution in [1.29, 1.82) is 0 Å². The average molecular weight is 349 g/mol. The standard InChI is InChI=1S/C15H10F3N5O2/c1-7-4-11(14(24)20-13-10(18)6-19-15(25)21-13)22-23(7)12-3-2-8(16)5-9(12)17/h2-6H,1H3,(H2,19,20,21,24,25). The number of hydrogen-bond acceptors (Lipinski definition) is 4. The maximum Gasteiger partial charge on any atom is 0.346 e. The summed E-state index contributed by atoms with van der Waals surface area (Å²) in [6.07, 6.45) is 0.659. The van der Waals surface area contributed by atoms with Crippen molar-refractivity contribution in [1.82, 2.24) is 19.7 Å². The molecular weight excluding hydrogens is 339 g/mol. The largest absolute Gasteiger partial charge is 0.346 e. The molecule has 128 valence electrons. The number of nitrogens with zero attached hydrogens (tertiary/aromatic N) is 3. The van der Waals surface area contributed by atoms with Crippen molar-refractivity contribution in [3.05, 3.63) is 69.8 Å². The second-order valence-corrected chi connectivity index (χ2v) is 5.04. The number of benzene rings is 1. The van der Waals surface area contributed by atoms with Crippen molar-refractivity contribution in [2.24, 2.45) is 0 Å². The van der Waals surface area contributed by atoms with Gasteiger partial charge in [-0.3, -0.25) is 9.78 Å². The highest BCUT2D eigenvalue weighted by molar-refractivity contribution is 6.02. The zero-order valence-corrected chi connectivity index (χ0v) is 12.7. The lowest BCUT2D eigenvalue weighted by molar-refractivity contribution is 0.102. The third-order valence-electron chi connectivity index (χ3n) is 3.26. The summed E-state index contributed by atoms with van der Waals surface area (Å²) in [7, 11) is 0. The van der Waals surface area contributed by atoms with Crippen LogP contribution in [0.3, 0.4) is 0 Å². The van der Waals surface area contributed by atoms with E-state index in [2.05, 4.69) is 15.4 Å². The molecule has 1 aromatic carbocycles. The Kier molecular flexibility index (Phi) is 4.09. The van der Waals surface area contributed by atoms with Crippen molar-refractivity contribution in [3.8, 4) is 5.69 Å². The van der Waals surface area contributed by atoms with Crippen molar-refractivity contribution in [2.45, 2.75) is 6.92 Å². The molecule has 0 aliphatic rings. The van der Waals surface area contributed by atoms with Crippen LogP contribution in [0.25, 0.3) is 5.69 Å². The lowest BCUT2D eigenvalue weighted by Crippen LogP contribution is -2.20. The number of rotatable bonds is 3. The Morgan fingerprint density at radius 2 is 1.96 bits per heavy atom. The van der Waals surface area contributed by atoms with E-state index < -0.39 is 34.9 Å². The van der Waals surface area contributed by atoms with Gasteiger partial charge < -0.3 is 5.32 Å². The fourth-order valence-corrected chi connectivity index (χ4v) is 2.13. The lowest BCUT2D eigenvalue weighted by atomic mass is 10.3. The molecule has 3 aromatic rings. The van der Waals surface area contributed by atoms with E-state index in [0.29, 0.717) is 18.0 Å². The summed E-state index contributed by atoms with van der Waals surface area (Å²) in [6, 6.07) is 4.24. The van der Waals surface area contributed by atoms with Gasteiger partial charge in [0, 0.05) is 11.8 Å². The molecule has 0 spiro atoms. The SMILES string of the molecule is Cc1cc(C(=O)Nc2[nH]c(=O)ncc2F)nn1-c1ccc(F)cc1F. The molecule has 0 aliphatic carbocycles. The number of carbonyl (C=O) groups excluding carboxylic acids is 1. The Bertz CT molecular complexity index is 1030. The minimum absolute atomic E-state index is 0.0542. The Labute approximate surface area is 138 Å². The summed E-state index contributed by atoms with van der Waals surface area (Å²) in [5.41, 5.74) is -0.661. The predicted octanol–water partition coefficient (Wildman–Crippen LogP) is 1.93. The number of anilines is 1. The number of aryl methyl sites for hydroxylation is 1. The minimum Gasteiger partial charge on any atom is -0.304 e. The fraction of sp³-hybridized carbons (Fsp3) is 0.0667. The number of hydrogen-bond donors (Lipinski definition) is 2. The highest BCUT2D eigenvalue weighted by Crippen LogP contribution is 2.17. The summed E-state index contributed by atoms with van der Waals surface area (Å²) in [5.74, 6) is -3.84. The summed E-state index contributed by atoms with van der Waals surface area (Å²) in [6.45, 7) is 1.56. The summed E-state index contributed by atoms with van der Waals surface area (Å²) in [5, 5.41) is 6.07. The van der Waals surface area contributed by atoms with Gasteiger partial charge in [0.1, 0.15) is 11.5 Å². The van der Waals surface area contributed by atoms with Gasteiger partial charge in [-0.25, -0.2) is 22.6 Å². The van der Waals surface area contributed by atoms with Gasteiger partial charge >= 0.3 is 5.69 Å². The van der Waals surface area contributed by atoms with Crippen LogP contribution in [0.4, 0.5) is 19.0 Å². The molecule has 1 amide bonds. The van der Waals surface area contributed by atoms with Crippen LogP contribution in [0.5, 0.6) is 0 Å². The van der Waals surface area contributed by atoms with Crippen LogP contribution >= 0.6 is 0 Å². The molecule has 0 fully saturated rings. The molecule has 3 rings (SSSR count). The number of amides is 1. The van der Waals surface area contributed by atoms with Gasteiger partial charge in [-0.05, 0) is 25.1 Å².